The summed E-state index contributed by atoms with van der Waals surface area (Å²) in [5, 5.41) is 0. The Morgan fingerprint density at radius 1 is 0.778 bits per heavy atom. The van der Waals surface area contributed by atoms with Gasteiger partial charge in [-0.2, -0.15) is 0 Å². The average Bonchev–Trinajstić information content (AvgIpc) is 3.74. The summed E-state index contributed by atoms with van der Waals surface area (Å²) in [5.41, 5.74) is 20.0. The van der Waals surface area contributed by atoms with Crippen LogP contribution in [0.15, 0.2) is 231 Å². The Morgan fingerprint density at radius 3 is 2.43 bits per heavy atom. The first kappa shape index (κ1) is 39.8. The number of aromatic nitrogens is 2. The maximum absolute atomic E-state index is 5.24. The lowest BCUT2D eigenvalue weighted by Gasteiger charge is -2.46. The first-order valence-electron chi connectivity index (χ1n) is 24.0. The maximum atomic E-state index is 5.24. The fourth-order valence-corrected chi connectivity index (χ4v) is 12.3. The summed E-state index contributed by atoms with van der Waals surface area (Å²) < 4.78 is 2.39. The molecule has 0 saturated carbocycles. The zero-order valence-corrected chi connectivity index (χ0v) is 37.3. The summed E-state index contributed by atoms with van der Waals surface area (Å²) in [5.74, 6) is 3.45. The van der Waals surface area contributed by atoms with Crippen molar-refractivity contribution in [2.24, 2.45) is 35.5 Å². The number of allylic oxidation sites excluding steroid dienone is 36. The number of benzene rings is 1. The van der Waals surface area contributed by atoms with Gasteiger partial charge in [-0.25, -0.2) is 4.98 Å². The van der Waals surface area contributed by atoms with Crippen molar-refractivity contribution in [2.45, 2.75) is 78.1 Å². The molecule has 7 atom stereocenters. The highest BCUT2D eigenvalue weighted by molar-refractivity contribution is 5.82. The van der Waals surface area contributed by atoms with Crippen molar-refractivity contribution < 1.29 is 0 Å². The minimum Gasteiger partial charge on any atom is -0.296 e. The van der Waals surface area contributed by atoms with Gasteiger partial charge in [-0.15, -0.1) is 0 Å². The predicted octanol–water partition coefficient (Wildman–Crippen LogP) is 15.5. The number of para-hydroxylation sites is 2. The highest BCUT2D eigenvalue weighted by Gasteiger charge is 2.44. The van der Waals surface area contributed by atoms with Crippen LogP contribution in [0.1, 0.15) is 83.9 Å². The van der Waals surface area contributed by atoms with Crippen LogP contribution in [0, 0.1) is 35.5 Å². The van der Waals surface area contributed by atoms with E-state index in [1.165, 1.54) is 50.2 Å². The Labute approximate surface area is 375 Å². The van der Waals surface area contributed by atoms with Crippen LogP contribution in [-0.4, -0.2) is 9.55 Å². The highest BCUT2D eigenvalue weighted by Crippen LogP contribution is 2.56. The number of hydrogen-bond acceptors (Lipinski definition) is 1. The zero-order chi connectivity index (χ0) is 42.4. The van der Waals surface area contributed by atoms with Crippen LogP contribution in [0.4, 0.5) is 0 Å². The molecule has 2 heteroatoms. The molecular weight excluding hydrogens is 761 g/mol. The molecule has 0 bridgehead atoms. The van der Waals surface area contributed by atoms with E-state index in [0.717, 1.165) is 62.7 Å². The largest absolute Gasteiger partial charge is 0.296 e. The van der Waals surface area contributed by atoms with Crippen molar-refractivity contribution in [3.8, 4) is 0 Å². The number of hydrogen-bond donors (Lipinski definition) is 0. The van der Waals surface area contributed by atoms with Crippen molar-refractivity contribution in [3.05, 3.63) is 237 Å². The van der Waals surface area contributed by atoms with Crippen LogP contribution < -0.4 is 0 Å². The lowest BCUT2D eigenvalue weighted by atomic mass is 9.58. The van der Waals surface area contributed by atoms with E-state index in [0.29, 0.717) is 29.6 Å². The van der Waals surface area contributed by atoms with Crippen molar-refractivity contribution in [3.63, 3.8) is 0 Å². The van der Waals surface area contributed by atoms with Crippen LogP contribution in [0.3, 0.4) is 0 Å². The Hall–Kier alpha value is -5.99. The first-order chi connectivity index (χ1) is 31.1. The molecule has 0 aliphatic heterocycles. The van der Waals surface area contributed by atoms with Crippen LogP contribution >= 0.6 is 0 Å². The Balaban J connectivity index is 0.952. The van der Waals surface area contributed by atoms with Crippen LogP contribution in [-0.2, 0) is 0 Å². The number of fused-ring (bicyclic) bond motifs is 5. The topological polar surface area (TPSA) is 17.8 Å². The molecule has 314 valence electrons. The van der Waals surface area contributed by atoms with Gasteiger partial charge in [-0.05, 0) is 122 Å². The van der Waals surface area contributed by atoms with E-state index in [-0.39, 0.29) is 11.8 Å². The minimum atomic E-state index is 0.117. The Kier molecular flexibility index (Phi) is 10.7. The van der Waals surface area contributed by atoms with Crippen molar-refractivity contribution in [1.82, 2.24) is 9.55 Å². The van der Waals surface area contributed by atoms with E-state index in [2.05, 4.69) is 195 Å². The molecule has 0 spiro atoms. The van der Waals surface area contributed by atoms with Crippen molar-refractivity contribution >= 4 is 16.7 Å². The molecule has 0 radical (unpaired) electrons. The van der Waals surface area contributed by atoms with Gasteiger partial charge in [0.25, 0.3) is 0 Å². The molecule has 9 aliphatic rings. The molecule has 2 aromatic rings. The molecule has 0 fully saturated rings. The smallest absolute Gasteiger partial charge is 0.121 e. The van der Waals surface area contributed by atoms with Gasteiger partial charge in [0, 0.05) is 47.1 Å². The third-order valence-corrected chi connectivity index (χ3v) is 15.2. The van der Waals surface area contributed by atoms with Crippen LogP contribution in [0.25, 0.3) is 16.7 Å². The van der Waals surface area contributed by atoms with E-state index in [9.17, 15) is 0 Å². The quantitative estimate of drug-likeness (QED) is 0.243. The van der Waals surface area contributed by atoms with Crippen LogP contribution in [0.5, 0.6) is 0 Å². The van der Waals surface area contributed by atoms with E-state index in [1.54, 1.807) is 22.3 Å². The predicted molar refractivity (Wildman–Crippen MR) is 265 cm³/mol. The fraction of sp³-hybridized carbons (Fsp3) is 0.295. The summed E-state index contributed by atoms with van der Waals surface area (Å²) in [7, 11) is 0. The third kappa shape index (κ3) is 7.07. The highest BCUT2D eigenvalue weighted by atomic mass is 15.1. The second-order valence-corrected chi connectivity index (χ2v) is 18.9. The molecule has 9 aliphatic carbocycles. The standard InChI is InChI=1S/C61H60N2/c1-4-42(38-35-41(3)61-62-55-31-16-17-32-56(55)63(61)46-21-6-5-7-22-46)57-47-23-8-12-27-51(47)59(52-28-13-9-24-48(52)57)44-19-18-20-45(39-44)60-53-29-14-10-25-49(53)58(43-36-33-40(2)34-37-43)50-26-11-15-30-54(50)60/h4,6,8,10-12,14-17,20-25,27-36,38-39,41,43,50-51,53,59-60H,5,7,9,13,18-19,26,37H2,1-3H3/b38-35-,42-4+. The minimum absolute atomic E-state index is 0.117. The molecule has 63 heavy (non-hydrogen) atoms. The Bertz CT molecular complexity index is 2830. The van der Waals surface area contributed by atoms with E-state index >= 15 is 0 Å². The first-order valence-corrected chi connectivity index (χ1v) is 24.0. The number of imidazole rings is 1. The molecule has 11 rings (SSSR count). The van der Waals surface area contributed by atoms with Gasteiger partial charge < -0.3 is 0 Å². The summed E-state index contributed by atoms with van der Waals surface area (Å²) in [6, 6.07) is 8.59. The monoisotopic (exact) mass is 820 g/mol. The number of nitrogens with zero attached hydrogens (tertiary/aromatic N) is 2. The van der Waals surface area contributed by atoms with Gasteiger partial charge in [0.05, 0.1) is 11.0 Å². The maximum Gasteiger partial charge on any atom is 0.121 e. The third-order valence-electron chi connectivity index (χ3n) is 15.2. The lowest BCUT2D eigenvalue weighted by molar-refractivity contribution is 0.447. The van der Waals surface area contributed by atoms with Gasteiger partial charge in [-0.1, -0.05) is 181 Å². The molecule has 0 saturated heterocycles. The molecule has 1 aromatic heterocycles. The second kappa shape index (κ2) is 16.9. The summed E-state index contributed by atoms with van der Waals surface area (Å²) in [6.45, 7) is 6.76. The van der Waals surface area contributed by atoms with Crippen molar-refractivity contribution in [2.75, 3.05) is 0 Å². The number of rotatable bonds is 8. The fourth-order valence-electron chi connectivity index (χ4n) is 12.3. The van der Waals surface area contributed by atoms with Gasteiger partial charge >= 0.3 is 0 Å². The normalized spacial score (nSPS) is 29.1. The second-order valence-electron chi connectivity index (χ2n) is 18.9. The Morgan fingerprint density at radius 2 is 1.60 bits per heavy atom. The van der Waals surface area contributed by atoms with Gasteiger partial charge in [-0.3, -0.25) is 4.57 Å². The summed E-state index contributed by atoms with van der Waals surface area (Å²) >= 11 is 0. The molecule has 0 amide bonds. The average molecular weight is 821 g/mol. The molecule has 7 unspecified atom stereocenters. The van der Waals surface area contributed by atoms with Gasteiger partial charge in [0.1, 0.15) is 5.82 Å². The molecule has 1 aromatic carbocycles. The molecule has 0 N–H and O–H groups in total. The molecular formula is C61H60N2. The van der Waals surface area contributed by atoms with E-state index in [1.807, 2.05) is 0 Å². The lowest BCUT2D eigenvalue weighted by Crippen LogP contribution is -2.35. The van der Waals surface area contributed by atoms with Crippen LogP contribution in [0.2, 0.25) is 0 Å². The van der Waals surface area contributed by atoms with Gasteiger partial charge in [0.15, 0.2) is 0 Å². The zero-order valence-electron chi connectivity index (χ0n) is 37.3. The summed E-state index contributed by atoms with van der Waals surface area (Å²) in [6.07, 6.45) is 66.9. The van der Waals surface area contributed by atoms with Gasteiger partial charge in [0.2, 0.25) is 0 Å². The SMILES string of the molecule is C/C=C(\C=C/C(C)c1nc2ccccc2n1C1=CCCC=C1)C1=C2C=CC=CC2C(C2=CC(C3C4=CC=CCC4C(C4C=CC(C)=CC4)=C4C=CC=CC43)=CCC2)C2=CCCC=C21. The molecule has 1 heterocycles. The molecule has 2 nitrogen and oxygen atoms in total. The van der Waals surface area contributed by atoms with E-state index in [4.69, 9.17) is 4.98 Å². The van der Waals surface area contributed by atoms with E-state index < -0.39 is 0 Å². The summed E-state index contributed by atoms with van der Waals surface area (Å²) in [4.78, 5) is 5.24. The van der Waals surface area contributed by atoms with Crippen molar-refractivity contribution in [1.29, 1.82) is 0 Å².